The number of carboxylic acid groups (broad SMARTS) is 1. The van der Waals surface area contributed by atoms with Crippen molar-refractivity contribution in [3.8, 4) is 0 Å². The molecule has 2 N–H and O–H groups in total. The van der Waals surface area contributed by atoms with Crippen LogP contribution >= 0.6 is 11.8 Å². The van der Waals surface area contributed by atoms with E-state index < -0.39 is 44.0 Å². The summed E-state index contributed by atoms with van der Waals surface area (Å²) in [6.45, 7) is 1.81. The SMILES string of the molecule is O=C(Cc1ccccc1C1CC1(NS(=O)(=O)C1CC=C(c2cc(C(F)(F)F)on2)S1)C(=O)O)N1CCOCC1. The lowest BCUT2D eigenvalue weighted by Gasteiger charge is -2.27. The van der Waals surface area contributed by atoms with E-state index in [2.05, 4.69) is 14.4 Å². The molecule has 0 radical (unpaired) electrons. The maximum atomic E-state index is 13.3. The van der Waals surface area contributed by atoms with Gasteiger partial charge in [0.1, 0.15) is 15.8 Å². The fourth-order valence-electron chi connectivity index (χ4n) is 4.79. The van der Waals surface area contributed by atoms with E-state index in [0.717, 1.165) is 11.8 Å². The molecule has 3 aliphatic rings. The standard InChI is InChI=1S/C24H24F3N3O7S2/c25-24(26,27)19-12-17(28-37-19)18-5-6-21(38-18)39(34,35)29-23(22(32)33)13-16(23)15-4-2-1-3-14(15)11-20(31)30-7-9-36-10-8-30/h1-5,12,16,21,29H,6-11,13H2,(H,32,33). The number of ether oxygens (including phenoxy) is 1. The highest BCUT2D eigenvalue weighted by atomic mass is 32.3. The Morgan fingerprint density at radius 2 is 1.95 bits per heavy atom. The molecule has 210 valence electrons. The minimum atomic E-state index is -4.74. The van der Waals surface area contributed by atoms with Crippen LogP contribution in [0.25, 0.3) is 4.91 Å². The highest BCUT2D eigenvalue weighted by Gasteiger charge is 2.64. The van der Waals surface area contributed by atoms with Crippen molar-refractivity contribution >= 4 is 38.6 Å². The zero-order chi connectivity index (χ0) is 28.0. The molecule has 2 aliphatic heterocycles. The predicted molar refractivity (Wildman–Crippen MR) is 133 cm³/mol. The Kier molecular flexibility index (Phi) is 7.28. The monoisotopic (exact) mass is 587 g/mol. The summed E-state index contributed by atoms with van der Waals surface area (Å²) in [6.07, 6.45) is -3.34. The third-order valence-corrected chi connectivity index (χ3v) is 10.6. The van der Waals surface area contributed by atoms with Gasteiger partial charge in [-0.15, -0.1) is 11.8 Å². The third kappa shape index (κ3) is 5.58. The first kappa shape index (κ1) is 27.7. The molecule has 3 heterocycles. The summed E-state index contributed by atoms with van der Waals surface area (Å²) in [4.78, 5) is 27.0. The molecule has 2 aromatic rings. The summed E-state index contributed by atoms with van der Waals surface area (Å²) < 4.78 is 75.8. The molecule has 39 heavy (non-hydrogen) atoms. The maximum absolute atomic E-state index is 13.3. The van der Waals surface area contributed by atoms with Crippen molar-refractivity contribution in [2.24, 2.45) is 0 Å². The van der Waals surface area contributed by atoms with Gasteiger partial charge in [-0.25, -0.2) is 8.42 Å². The first-order valence-corrected chi connectivity index (χ1v) is 14.4. The fourth-order valence-corrected chi connectivity index (χ4v) is 7.94. The minimum absolute atomic E-state index is 0.0137. The first-order valence-electron chi connectivity index (χ1n) is 12.0. The molecule has 3 unspecified atom stereocenters. The van der Waals surface area contributed by atoms with Crippen LogP contribution in [0.4, 0.5) is 13.2 Å². The number of aromatic nitrogens is 1. The molecule has 1 saturated carbocycles. The number of carbonyl (C=O) groups excluding carboxylic acids is 1. The number of carbonyl (C=O) groups is 2. The number of sulfonamides is 1. The molecule has 1 amide bonds. The second-order valence-electron chi connectivity index (χ2n) is 9.47. The average molecular weight is 588 g/mol. The summed E-state index contributed by atoms with van der Waals surface area (Å²) in [7, 11) is -4.25. The van der Waals surface area contributed by atoms with Crippen molar-refractivity contribution in [3.63, 3.8) is 0 Å². The van der Waals surface area contributed by atoms with Crippen molar-refractivity contribution in [2.45, 2.75) is 41.5 Å². The first-order chi connectivity index (χ1) is 18.4. The number of carboxylic acids is 1. The zero-order valence-corrected chi connectivity index (χ0v) is 21.9. The number of aliphatic carboxylic acids is 1. The second-order valence-corrected chi connectivity index (χ2v) is 12.9. The summed E-state index contributed by atoms with van der Waals surface area (Å²) in [6, 6.07) is 7.54. The van der Waals surface area contributed by atoms with E-state index >= 15 is 0 Å². The number of allylic oxidation sites excluding steroid dienone is 1. The van der Waals surface area contributed by atoms with Gasteiger partial charge in [-0.3, -0.25) is 9.59 Å². The number of hydrogen-bond donors (Lipinski definition) is 2. The molecular weight excluding hydrogens is 563 g/mol. The highest BCUT2D eigenvalue weighted by molar-refractivity contribution is 8.18. The maximum Gasteiger partial charge on any atom is 0.452 e. The van der Waals surface area contributed by atoms with Gasteiger partial charge in [0.2, 0.25) is 21.7 Å². The molecular formula is C24H24F3N3O7S2. The minimum Gasteiger partial charge on any atom is -0.480 e. The molecule has 1 saturated heterocycles. The summed E-state index contributed by atoms with van der Waals surface area (Å²) in [5.41, 5.74) is -0.769. The molecule has 3 atom stereocenters. The van der Waals surface area contributed by atoms with Crippen LogP contribution in [0, 0.1) is 0 Å². The topological polar surface area (TPSA) is 139 Å². The molecule has 5 rings (SSSR count). The lowest BCUT2D eigenvalue weighted by molar-refractivity contribution is -0.155. The Hall–Kier alpha value is -2.88. The van der Waals surface area contributed by atoms with E-state index in [1.165, 1.54) is 6.08 Å². The van der Waals surface area contributed by atoms with Crippen LogP contribution in [0.1, 0.15) is 41.3 Å². The summed E-state index contributed by atoms with van der Waals surface area (Å²) in [5.74, 6) is -3.50. The number of thioether (sulfide) groups is 1. The van der Waals surface area contributed by atoms with Crippen molar-refractivity contribution < 1.29 is 45.5 Å². The molecule has 15 heteroatoms. The Bertz CT molecular complexity index is 1420. The summed E-state index contributed by atoms with van der Waals surface area (Å²) >= 11 is 0.767. The smallest absolute Gasteiger partial charge is 0.452 e. The lowest BCUT2D eigenvalue weighted by atomic mass is 9.97. The van der Waals surface area contributed by atoms with E-state index in [0.29, 0.717) is 43.5 Å². The van der Waals surface area contributed by atoms with Crippen molar-refractivity contribution in [3.05, 3.63) is 59.0 Å². The van der Waals surface area contributed by atoms with Crippen molar-refractivity contribution in [1.82, 2.24) is 14.8 Å². The quantitative estimate of drug-likeness (QED) is 0.477. The van der Waals surface area contributed by atoms with Gasteiger partial charge >= 0.3 is 12.1 Å². The van der Waals surface area contributed by atoms with E-state index in [4.69, 9.17) is 4.74 Å². The molecule has 0 bridgehead atoms. The van der Waals surface area contributed by atoms with Crippen LogP contribution in [-0.4, -0.2) is 71.9 Å². The van der Waals surface area contributed by atoms with E-state index in [-0.39, 0.29) is 35.8 Å². The van der Waals surface area contributed by atoms with E-state index in [1.54, 1.807) is 29.2 Å². The molecule has 2 fully saturated rings. The van der Waals surface area contributed by atoms with Gasteiger partial charge in [0.15, 0.2) is 0 Å². The number of morpholine rings is 1. The number of amides is 1. The average Bonchev–Trinajstić information content (AvgIpc) is 3.25. The van der Waals surface area contributed by atoms with E-state index in [9.17, 15) is 36.3 Å². The van der Waals surface area contributed by atoms with Crippen LogP contribution in [0.2, 0.25) is 0 Å². The van der Waals surface area contributed by atoms with Gasteiger partial charge in [0, 0.05) is 30.0 Å². The Morgan fingerprint density at radius 3 is 2.62 bits per heavy atom. The molecule has 1 aliphatic carbocycles. The van der Waals surface area contributed by atoms with Gasteiger partial charge in [0.25, 0.3) is 0 Å². The van der Waals surface area contributed by atoms with Gasteiger partial charge in [-0.2, -0.15) is 17.9 Å². The third-order valence-electron chi connectivity index (χ3n) is 6.95. The molecule has 1 aromatic carbocycles. The largest absolute Gasteiger partial charge is 0.480 e. The van der Waals surface area contributed by atoms with Crippen LogP contribution in [-0.2, 0) is 36.9 Å². The number of halogens is 3. The predicted octanol–water partition coefficient (Wildman–Crippen LogP) is 2.83. The van der Waals surface area contributed by atoms with Crippen molar-refractivity contribution in [1.29, 1.82) is 0 Å². The van der Waals surface area contributed by atoms with Crippen LogP contribution < -0.4 is 4.72 Å². The number of nitrogens with one attached hydrogen (secondary N) is 1. The Balaban J connectivity index is 1.30. The van der Waals surface area contributed by atoms with Crippen LogP contribution in [0.15, 0.2) is 40.9 Å². The Morgan fingerprint density at radius 1 is 1.23 bits per heavy atom. The molecule has 1 aromatic heterocycles. The lowest BCUT2D eigenvalue weighted by Crippen LogP contribution is -2.47. The van der Waals surface area contributed by atoms with Gasteiger partial charge in [-0.05, 0) is 24.0 Å². The van der Waals surface area contributed by atoms with E-state index in [1.807, 2.05) is 0 Å². The van der Waals surface area contributed by atoms with Gasteiger partial charge in [0.05, 0.1) is 19.6 Å². The number of alkyl halides is 3. The zero-order valence-electron chi connectivity index (χ0n) is 20.3. The second kappa shape index (κ2) is 10.3. The highest BCUT2D eigenvalue weighted by Crippen LogP contribution is 2.54. The van der Waals surface area contributed by atoms with Crippen molar-refractivity contribution in [2.75, 3.05) is 26.3 Å². The van der Waals surface area contributed by atoms with Crippen LogP contribution in [0.5, 0.6) is 0 Å². The Labute approximate surface area is 225 Å². The normalized spacial score (nSPS) is 25.4. The number of hydrogen-bond acceptors (Lipinski definition) is 8. The van der Waals surface area contributed by atoms with Gasteiger partial charge < -0.3 is 19.3 Å². The molecule has 0 spiro atoms. The molecule has 10 nitrogen and oxygen atoms in total. The number of benzene rings is 1. The number of rotatable bonds is 8. The summed E-state index contributed by atoms with van der Waals surface area (Å²) in [5, 5.41) is 13.4. The van der Waals surface area contributed by atoms with Gasteiger partial charge in [-0.1, -0.05) is 35.5 Å². The fraction of sp³-hybridized carbons (Fsp3) is 0.458. The van der Waals surface area contributed by atoms with Crippen LogP contribution in [0.3, 0.4) is 0 Å². The number of nitrogens with zero attached hydrogens (tertiary/aromatic N) is 2.